The average Bonchev–Trinajstić information content (AvgIpc) is 2.28. The molecule has 0 saturated carbocycles. The Morgan fingerprint density at radius 3 is 2.65 bits per heavy atom. The summed E-state index contributed by atoms with van der Waals surface area (Å²) in [5, 5.41) is 3.56. The van der Waals surface area contributed by atoms with Crippen molar-refractivity contribution in [1.82, 2.24) is 5.32 Å². The molecule has 0 aliphatic heterocycles. The number of rotatable bonds is 7. The van der Waals surface area contributed by atoms with Crippen molar-refractivity contribution >= 4 is 0 Å². The summed E-state index contributed by atoms with van der Waals surface area (Å²) < 4.78 is 13.0. The number of hydrogen-bond donors (Lipinski definition) is 1. The van der Waals surface area contributed by atoms with Gasteiger partial charge in [0.15, 0.2) is 0 Å². The molecule has 0 spiro atoms. The molecule has 1 unspecified atom stereocenters. The Morgan fingerprint density at radius 2 is 2.06 bits per heavy atom. The molecule has 1 aromatic carbocycles. The van der Waals surface area contributed by atoms with E-state index in [2.05, 4.69) is 26.1 Å². The van der Waals surface area contributed by atoms with Crippen molar-refractivity contribution in [2.75, 3.05) is 6.54 Å². The molecule has 2 heteroatoms. The maximum atomic E-state index is 13.0. The molecule has 0 fully saturated rings. The third-order valence-electron chi connectivity index (χ3n) is 3.09. The first-order chi connectivity index (χ1) is 8.13. The number of halogens is 1. The summed E-state index contributed by atoms with van der Waals surface area (Å²) in [5.74, 6) is 0.486. The largest absolute Gasteiger partial charge is 0.314 e. The Kier molecular flexibility index (Phi) is 6.20. The zero-order chi connectivity index (χ0) is 12.7. The van der Waals surface area contributed by atoms with E-state index in [1.54, 1.807) is 12.1 Å². The minimum absolute atomic E-state index is 0.134. The van der Waals surface area contributed by atoms with E-state index in [-0.39, 0.29) is 5.82 Å². The summed E-state index contributed by atoms with van der Waals surface area (Å²) >= 11 is 0. The van der Waals surface area contributed by atoms with E-state index in [1.165, 1.54) is 6.07 Å². The second-order valence-corrected chi connectivity index (χ2v) is 4.97. The first-order valence-electron chi connectivity index (χ1n) is 6.61. The lowest BCUT2D eigenvalue weighted by molar-refractivity contribution is 0.378. The smallest absolute Gasteiger partial charge is 0.123 e. The topological polar surface area (TPSA) is 12.0 Å². The Labute approximate surface area is 104 Å². The van der Waals surface area contributed by atoms with Crippen LogP contribution < -0.4 is 5.32 Å². The highest BCUT2D eigenvalue weighted by molar-refractivity contribution is 5.16. The maximum absolute atomic E-state index is 13.0. The van der Waals surface area contributed by atoms with Crippen LogP contribution in [0.3, 0.4) is 0 Å². The lowest BCUT2D eigenvalue weighted by atomic mass is 9.96. The van der Waals surface area contributed by atoms with Gasteiger partial charge in [0.1, 0.15) is 5.82 Å². The van der Waals surface area contributed by atoms with Gasteiger partial charge in [-0.05, 0) is 49.4 Å². The highest BCUT2D eigenvalue weighted by Gasteiger charge is 2.12. The molecular weight excluding hydrogens is 213 g/mol. The van der Waals surface area contributed by atoms with Crippen molar-refractivity contribution in [1.29, 1.82) is 0 Å². The fraction of sp³-hybridized carbons (Fsp3) is 0.600. The van der Waals surface area contributed by atoms with Crippen molar-refractivity contribution in [3.8, 4) is 0 Å². The van der Waals surface area contributed by atoms with Gasteiger partial charge in [0.2, 0.25) is 0 Å². The molecule has 0 aromatic heterocycles. The highest BCUT2D eigenvalue weighted by Crippen LogP contribution is 2.12. The summed E-state index contributed by atoms with van der Waals surface area (Å²) in [6, 6.07) is 7.45. The van der Waals surface area contributed by atoms with E-state index < -0.39 is 0 Å². The fourth-order valence-corrected chi connectivity index (χ4v) is 2.02. The molecule has 1 aromatic rings. The van der Waals surface area contributed by atoms with Gasteiger partial charge in [-0.1, -0.05) is 32.9 Å². The van der Waals surface area contributed by atoms with Gasteiger partial charge in [0.25, 0.3) is 0 Å². The number of aryl methyl sites for hydroxylation is 1. The quantitative estimate of drug-likeness (QED) is 0.761. The second-order valence-electron chi connectivity index (χ2n) is 4.97. The minimum atomic E-state index is -0.134. The molecule has 1 nitrogen and oxygen atoms in total. The molecule has 0 radical (unpaired) electrons. The zero-order valence-corrected chi connectivity index (χ0v) is 11.2. The molecule has 1 atom stereocenters. The third kappa shape index (κ3) is 5.31. The Morgan fingerprint density at radius 1 is 1.29 bits per heavy atom. The third-order valence-corrected chi connectivity index (χ3v) is 3.09. The van der Waals surface area contributed by atoms with Crippen LogP contribution >= 0.6 is 0 Å². The van der Waals surface area contributed by atoms with Gasteiger partial charge in [-0.15, -0.1) is 0 Å². The Balaban J connectivity index is 2.45. The average molecular weight is 237 g/mol. The van der Waals surface area contributed by atoms with E-state index in [9.17, 15) is 4.39 Å². The number of nitrogens with one attached hydrogen (secondary N) is 1. The van der Waals surface area contributed by atoms with E-state index in [0.717, 1.165) is 31.4 Å². The standard InChI is InChI=1S/C15H24FN/c1-4-10-17-15(12(2)3)9-8-13-6-5-7-14(16)11-13/h5-7,11-12,15,17H,4,8-10H2,1-3H3. The van der Waals surface area contributed by atoms with E-state index >= 15 is 0 Å². The lowest BCUT2D eigenvalue weighted by Crippen LogP contribution is -2.34. The van der Waals surface area contributed by atoms with E-state index in [1.807, 2.05) is 6.07 Å². The van der Waals surface area contributed by atoms with Gasteiger partial charge in [-0.2, -0.15) is 0 Å². The molecule has 0 amide bonds. The second kappa shape index (κ2) is 7.44. The molecule has 0 bridgehead atoms. The molecule has 1 rings (SSSR count). The minimum Gasteiger partial charge on any atom is -0.314 e. The van der Waals surface area contributed by atoms with Gasteiger partial charge >= 0.3 is 0 Å². The SMILES string of the molecule is CCCNC(CCc1cccc(F)c1)C(C)C. The first-order valence-corrected chi connectivity index (χ1v) is 6.61. The van der Waals surface area contributed by atoms with Crippen molar-refractivity contribution in [3.05, 3.63) is 35.6 Å². The fourth-order valence-electron chi connectivity index (χ4n) is 2.02. The van der Waals surface area contributed by atoms with Crippen LogP contribution in [0.4, 0.5) is 4.39 Å². The van der Waals surface area contributed by atoms with Crippen molar-refractivity contribution in [3.63, 3.8) is 0 Å². The summed E-state index contributed by atoms with van der Waals surface area (Å²) in [4.78, 5) is 0. The summed E-state index contributed by atoms with van der Waals surface area (Å²) in [6.45, 7) is 7.71. The van der Waals surface area contributed by atoms with Crippen LogP contribution in [0.25, 0.3) is 0 Å². The van der Waals surface area contributed by atoms with Crippen molar-refractivity contribution < 1.29 is 4.39 Å². The number of hydrogen-bond acceptors (Lipinski definition) is 1. The van der Waals surface area contributed by atoms with E-state index in [4.69, 9.17) is 0 Å². The molecule has 0 aliphatic carbocycles. The predicted octanol–water partition coefficient (Wildman–Crippen LogP) is 3.78. The molecule has 96 valence electrons. The highest BCUT2D eigenvalue weighted by atomic mass is 19.1. The van der Waals surface area contributed by atoms with Crippen LogP contribution in [0.1, 0.15) is 39.2 Å². The normalized spacial score (nSPS) is 13.0. The van der Waals surface area contributed by atoms with Gasteiger partial charge < -0.3 is 5.32 Å². The Bertz CT molecular complexity index is 322. The summed E-state index contributed by atoms with van der Waals surface area (Å²) in [5.41, 5.74) is 1.09. The molecule has 0 saturated heterocycles. The summed E-state index contributed by atoms with van der Waals surface area (Å²) in [7, 11) is 0. The van der Waals surface area contributed by atoms with Crippen LogP contribution in [0.5, 0.6) is 0 Å². The lowest BCUT2D eigenvalue weighted by Gasteiger charge is -2.22. The van der Waals surface area contributed by atoms with Gasteiger partial charge in [-0.3, -0.25) is 0 Å². The maximum Gasteiger partial charge on any atom is 0.123 e. The first kappa shape index (κ1) is 14.2. The molecular formula is C15H24FN. The van der Waals surface area contributed by atoms with Gasteiger partial charge in [0.05, 0.1) is 0 Å². The van der Waals surface area contributed by atoms with E-state index in [0.29, 0.717) is 12.0 Å². The monoisotopic (exact) mass is 237 g/mol. The van der Waals surface area contributed by atoms with Crippen LogP contribution in [0.2, 0.25) is 0 Å². The Hall–Kier alpha value is -0.890. The summed E-state index contributed by atoms with van der Waals surface area (Å²) in [6.07, 6.45) is 3.17. The van der Waals surface area contributed by atoms with Crippen molar-refractivity contribution in [2.45, 2.75) is 46.1 Å². The van der Waals surface area contributed by atoms with Crippen LogP contribution in [-0.2, 0) is 6.42 Å². The molecule has 0 aliphatic rings. The van der Waals surface area contributed by atoms with Gasteiger partial charge in [-0.25, -0.2) is 4.39 Å². The van der Waals surface area contributed by atoms with Crippen LogP contribution in [0.15, 0.2) is 24.3 Å². The predicted molar refractivity (Wildman–Crippen MR) is 71.6 cm³/mol. The molecule has 1 N–H and O–H groups in total. The van der Waals surface area contributed by atoms with Gasteiger partial charge in [0, 0.05) is 6.04 Å². The molecule has 17 heavy (non-hydrogen) atoms. The molecule has 0 heterocycles. The zero-order valence-electron chi connectivity index (χ0n) is 11.2. The van der Waals surface area contributed by atoms with Crippen LogP contribution in [0, 0.1) is 11.7 Å². The number of benzene rings is 1. The van der Waals surface area contributed by atoms with Crippen LogP contribution in [-0.4, -0.2) is 12.6 Å². The van der Waals surface area contributed by atoms with Crippen molar-refractivity contribution in [2.24, 2.45) is 5.92 Å².